The van der Waals surface area contributed by atoms with Crippen LogP contribution in [-0.4, -0.2) is 39.9 Å². The van der Waals surface area contributed by atoms with Crippen molar-refractivity contribution in [3.05, 3.63) is 52.8 Å². The zero-order valence-corrected chi connectivity index (χ0v) is 16.4. The summed E-state index contributed by atoms with van der Waals surface area (Å²) in [6.07, 6.45) is 0.833. The van der Waals surface area contributed by atoms with Crippen LogP contribution >= 0.6 is 11.3 Å². The van der Waals surface area contributed by atoms with Crippen molar-refractivity contribution in [1.82, 2.24) is 20.1 Å². The Labute approximate surface area is 166 Å². The molecule has 1 aliphatic rings. The number of aryl methyl sites for hydroxylation is 1. The van der Waals surface area contributed by atoms with Gasteiger partial charge in [-0.1, -0.05) is 17.3 Å². The first-order chi connectivity index (χ1) is 13.7. The molecule has 4 aromatic rings. The SMILES string of the molecule is COC1CC(c2nc(C)no2)N(c2nc(-c3ccsc3)nc3ccccc23)C1. The van der Waals surface area contributed by atoms with Crippen LogP contribution in [0.3, 0.4) is 0 Å². The van der Waals surface area contributed by atoms with Gasteiger partial charge in [0.25, 0.3) is 0 Å². The Morgan fingerprint density at radius 2 is 2.07 bits per heavy atom. The van der Waals surface area contributed by atoms with Gasteiger partial charge in [-0.25, -0.2) is 9.97 Å². The smallest absolute Gasteiger partial charge is 0.249 e. The Kier molecular flexibility index (Phi) is 4.29. The number of fused-ring (bicyclic) bond motifs is 1. The van der Waals surface area contributed by atoms with Crippen LogP contribution in [0.25, 0.3) is 22.3 Å². The van der Waals surface area contributed by atoms with Crippen LogP contribution in [0.5, 0.6) is 0 Å². The second kappa shape index (κ2) is 6.96. The Balaban J connectivity index is 1.67. The van der Waals surface area contributed by atoms with Gasteiger partial charge in [-0.05, 0) is 30.5 Å². The summed E-state index contributed by atoms with van der Waals surface area (Å²) >= 11 is 1.64. The van der Waals surface area contributed by atoms with Gasteiger partial charge in [0, 0.05) is 36.4 Å². The fraction of sp³-hybridized carbons (Fsp3) is 0.300. The Bertz CT molecular complexity index is 1110. The first-order valence-electron chi connectivity index (χ1n) is 9.12. The van der Waals surface area contributed by atoms with Crippen molar-refractivity contribution < 1.29 is 9.26 Å². The zero-order valence-electron chi connectivity index (χ0n) is 15.6. The first kappa shape index (κ1) is 17.3. The van der Waals surface area contributed by atoms with Crippen LogP contribution in [-0.2, 0) is 4.74 Å². The van der Waals surface area contributed by atoms with Crippen molar-refractivity contribution in [3.63, 3.8) is 0 Å². The fourth-order valence-corrected chi connectivity index (χ4v) is 4.32. The molecule has 0 saturated carbocycles. The lowest BCUT2D eigenvalue weighted by Gasteiger charge is -2.24. The van der Waals surface area contributed by atoms with Gasteiger partial charge in [-0.2, -0.15) is 16.3 Å². The van der Waals surface area contributed by atoms with E-state index in [4.69, 9.17) is 19.2 Å². The highest BCUT2D eigenvalue weighted by Crippen LogP contribution is 2.39. The van der Waals surface area contributed by atoms with Gasteiger partial charge in [-0.3, -0.25) is 0 Å². The van der Waals surface area contributed by atoms with Gasteiger partial charge in [0.05, 0.1) is 11.6 Å². The molecule has 8 heteroatoms. The van der Waals surface area contributed by atoms with E-state index in [2.05, 4.69) is 26.5 Å². The normalized spacial score (nSPS) is 19.6. The average Bonchev–Trinajstić information content (AvgIpc) is 3.47. The minimum atomic E-state index is -0.0835. The van der Waals surface area contributed by atoms with E-state index in [1.165, 1.54) is 0 Å². The number of aromatic nitrogens is 4. The molecule has 1 aliphatic heterocycles. The molecule has 0 spiro atoms. The molecule has 1 saturated heterocycles. The first-order valence-corrected chi connectivity index (χ1v) is 10.1. The lowest BCUT2D eigenvalue weighted by molar-refractivity contribution is 0.117. The van der Waals surface area contributed by atoms with Crippen LogP contribution in [0.15, 0.2) is 45.6 Å². The monoisotopic (exact) mass is 393 g/mol. The van der Waals surface area contributed by atoms with Crippen LogP contribution in [0.4, 0.5) is 5.82 Å². The summed E-state index contributed by atoms with van der Waals surface area (Å²) in [4.78, 5) is 16.4. The van der Waals surface area contributed by atoms with Crippen molar-refractivity contribution in [1.29, 1.82) is 0 Å². The van der Waals surface area contributed by atoms with E-state index >= 15 is 0 Å². The van der Waals surface area contributed by atoms with Gasteiger partial charge in [0.1, 0.15) is 11.9 Å². The molecule has 0 amide bonds. The molecule has 7 nitrogen and oxygen atoms in total. The summed E-state index contributed by atoms with van der Waals surface area (Å²) in [6, 6.07) is 10.0. The molecule has 2 unspecified atom stereocenters. The van der Waals surface area contributed by atoms with Gasteiger partial charge in [-0.15, -0.1) is 0 Å². The summed E-state index contributed by atoms with van der Waals surface area (Å²) < 4.78 is 11.2. The predicted molar refractivity (Wildman–Crippen MR) is 107 cm³/mol. The number of methoxy groups -OCH3 is 1. The molecule has 1 aromatic carbocycles. The van der Waals surface area contributed by atoms with Gasteiger partial charge in [0.2, 0.25) is 5.89 Å². The zero-order chi connectivity index (χ0) is 19.1. The third kappa shape index (κ3) is 2.94. The molecule has 1 fully saturated rings. The van der Waals surface area contributed by atoms with E-state index < -0.39 is 0 Å². The van der Waals surface area contributed by atoms with Gasteiger partial charge in [0.15, 0.2) is 11.6 Å². The predicted octanol–water partition coefficient (Wildman–Crippen LogP) is 4.02. The second-order valence-corrected chi connectivity index (χ2v) is 7.62. The van der Waals surface area contributed by atoms with Crippen LogP contribution in [0, 0.1) is 6.92 Å². The second-order valence-electron chi connectivity index (χ2n) is 6.84. The number of para-hydroxylation sites is 1. The summed E-state index contributed by atoms with van der Waals surface area (Å²) in [6.45, 7) is 2.53. The molecule has 142 valence electrons. The summed E-state index contributed by atoms with van der Waals surface area (Å²) in [5.41, 5.74) is 1.93. The molecule has 0 aliphatic carbocycles. The lowest BCUT2D eigenvalue weighted by atomic mass is 10.1. The minimum absolute atomic E-state index is 0.0653. The van der Waals surface area contributed by atoms with E-state index in [0.29, 0.717) is 18.3 Å². The fourth-order valence-electron chi connectivity index (χ4n) is 3.68. The standard InChI is InChI=1S/C20H19N5O2S/c1-12-21-20(27-24-12)17-9-14(26-2)10-25(17)19-15-5-3-4-6-16(15)22-18(23-19)13-7-8-28-11-13/h3-8,11,14,17H,9-10H2,1-2H3. The van der Waals surface area contributed by atoms with E-state index in [9.17, 15) is 0 Å². The number of benzene rings is 1. The molecule has 2 atom stereocenters. The highest BCUT2D eigenvalue weighted by molar-refractivity contribution is 7.08. The molecule has 4 heterocycles. The molecular formula is C20H19N5O2S. The van der Waals surface area contributed by atoms with Crippen LogP contribution in [0.2, 0.25) is 0 Å². The van der Waals surface area contributed by atoms with Crippen LogP contribution < -0.4 is 4.90 Å². The number of anilines is 1. The molecule has 0 N–H and O–H groups in total. The number of ether oxygens (including phenoxy) is 1. The average molecular weight is 393 g/mol. The number of hydrogen-bond donors (Lipinski definition) is 0. The minimum Gasteiger partial charge on any atom is -0.380 e. The van der Waals surface area contributed by atoms with E-state index in [0.717, 1.165) is 34.5 Å². The van der Waals surface area contributed by atoms with Gasteiger partial charge < -0.3 is 14.2 Å². The Morgan fingerprint density at radius 3 is 2.82 bits per heavy atom. The summed E-state index contributed by atoms with van der Waals surface area (Å²) in [7, 11) is 1.74. The van der Waals surface area contributed by atoms with E-state index in [-0.39, 0.29) is 12.1 Å². The van der Waals surface area contributed by atoms with Crippen molar-refractivity contribution >= 4 is 28.1 Å². The number of hydrogen-bond acceptors (Lipinski definition) is 8. The third-order valence-electron chi connectivity index (χ3n) is 5.06. The summed E-state index contributed by atoms with van der Waals surface area (Å²) in [5, 5.41) is 9.08. The quantitative estimate of drug-likeness (QED) is 0.518. The highest BCUT2D eigenvalue weighted by Gasteiger charge is 2.38. The van der Waals surface area contributed by atoms with Crippen molar-refractivity contribution in [2.75, 3.05) is 18.6 Å². The molecule has 28 heavy (non-hydrogen) atoms. The Hall–Kier alpha value is -2.84. The maximum absolute atomic E-state index is 5.66. The van der Waals surface area contributed by atoms with Crippen molar-refractivity contribution in [2.24, 2.45) is 0 Å². The largest absolute Gasteiger partial charge is 0.380 e. The number of nitrogens with zero attached hydrogens (tertiary/aromatic N) is 5. The maximum Gasteiger partial charge on any atom is 0.249 e. The van der Waals surface area contributed by atoms with E-state index in [1.807, 2.05) is 36.6 Å². The van der Waals surface area contributed by atoms with Gasteiger partial charge >= 0.3 is 0 Å². The lowest BCUT2D eigenvalue weighted by Crippen LogP contribution is -2.26. The molecule has 0 bridgehead atoms. The maximum atomic E-state index is 5.66. The highest BCUT2D eigenvalue weighted by atomic mass is 32.1. The summed E-state index contributed by atoms with van der Waals surface area (Å²) in [5.74, 6) is 2.81. The molecular weight excluding hydrogens is 374 g/mol. The number of thiophene rings is 1. The third-order valence-corrected chi connectivity index (χ3v) is 5.74. The van der Waals surface area contributed by atoms with E-state index in [1.54, 1.807) is 18.4 Å². The van der Waals surface area contributed by atoms with Crippen molar-refractivity contribution in [2.45, 2.75) is 25.5 Å². The molecule has 3 aromatic heterocycles. The van der Waals surface area contributed by atoms with Crippen LogP contribution in [0.1, 0.15) is 24.2 Å². The molecule has 0 radical (unpaired) electrons. The molecule has 5 rings (SSSR count). The topological polar surface area (TPSA) is 77.2 Å². The Morgan fingerprint density at radius 1 is 1.18 bits per heavy atom. The number of rotatable bonds is 4. The van der Waals surface area contributed by atoms with Crippen molar-refractivity contribution in [3.8, 4) is 11.4 Å².